The van der Waals surface area contributed by atoms with Crippen LogP contribution in [0.5, 0.6) is 5.75 Å². The van der Waals surface area contributed by atoms with Crippen molar-refractivity contribution >= 4 is 17.5 Å². The van der Waals surface area contributed by atoms with Crippen molar-refractivity contribution in [3.63, 3.8) is 0 Å². The van der Waals surface area contributed by atoms with Crippen molar-refractivity contribution in [2.75, 3.05) is 32.6 Å². The zero-order valence-corrected chi connectivity index (χ0v) is 18.6. The Morgan fingerprint density at radius 2 is 1.70 bits per heavy atom. The van der Waals surface area contributed by atoms with Crippen molar-refractivity contribution in [1.29, 1.82) is 0 Å². The zero-order valence-electron chi connectivity index (χ0n) is 18.6. The maximum Gasteiger partial charge on any atom is 0.279 e. The molecule has 0 saturated carbocycles. The lowest BCUT2D eigenvalue weighted by Crippen LogP contribution is -3.11. The number of ether oxygens (including phenoxy) is 1. The molecule has 0 heterocycles. The Kier molecular flexibility index (Phi) is 8.87. The van der Waals surface area contributed by atoms with Gasteiger partial charge in [-0.1, -0.05) is 51.1 Å². The van der Waals surface area contributed by atoms with Gasteiger partial charge in [0.25, 0.3) is 11.8 Å². The second kappa shape index (κ2) is 11.4. The van der Waals surface area contributed by atoms with Crippen molar-refractivity contribution in [2.24, 2.45) is 5.92 Å². The van der Waals surface area contributed by atoms with Crippen LogP contribution >= 0.6 is 0 Å². The molecule has 0 aromatic heterocycles. The summed E-state index contributed by atoms with van der Waals surface area (Å²) >= 11 is 0. The van der Waals surface area contributed by atoms with Gasteiger partial charge >= 0.3 is 0 Å². The second-order valence-corrected chi connectivity index (χ2v) is 7.98. The molecular weight excluding hydrogens is 378 g/mol. The number of carbonyl (C=O) groups excluding carboxylic acids is 2. The first-order chi connectivity index (χ1) is 14.3. The van der Waals surface area contributed by atoms with Crippen LogP contribution in [0.25, 0.3) is 0 Å². The molecule has 0 fully saturated rings. The van der Waals surface area contributed by atoms with Crippen LogP contribution in [0, 0.1) is 5.92 Å². The third-order valence-corrected chi connectivity index (χ3v) is 5.01. The number of aryl methyl sites for hydroxylation is 1. The molecule has 2 atom stereocenters. The van der Waals surface area contributed by atoms with Gasteiger partial charge in [-0.2, -0.15) is 0 Å². The molecule has 2 amide bonds. The molecule has 2 rings (SSSR count). The van der Waals surface area contributed by atoms with E-state index in [4.69, 9.17) is 4.74 Å². The number of methoxy groups -OCH3 is 1. The lowest BCUT2D eigenvalue weighted by Gasteiger charge is -2.24. The molecule has 0 aliphatic rings. The highest BCUT2D eigenvalue weighted by atomic mass is 16.5. The Labute approximate surface area is 179 Å². The molecule has 1 unspecified atom stereocenters. The summed E-state index contributed by atoms with van der Waals surface area (Å²) in [5, 5.41) is 5.98. The molecule has 0 aliphatic carbocycles. The van der Waals surface area contributed by atoms with E-state index in [1.807, 2.05) is 19.2 Å². The summed E-state index contributed by atoms with van der Waals surface area (Å²) in [5.74, 6) is 0.724. The predicted octanol–water partition coefficient (Wildman–Crippen LogP) is 2.22. The number of quaternary nitrogens is 1. The van der Waals surface area contributed by atoms with Crippen LogP contribution in [0.3, 0.4) is 0 Å². The van der Waals surface area contributed by atoms with Crippen molar-refractivity contribution in [1.82, 2.24) is 5.32 Å². The number of likely N-dealkylation sites (N-methyl/N-ethyl adjacent to an activating group) is 1. The first kappa shape index (κ1) is 23.4. The van der Waals surface area contributed by atoms with Crippen LogP contribution in [0.1, 0.15) is 37.9 Å². The van der Waals surface area contributed by atoms with Gasteiger partial charge in [-0.05, 0) is 35.6 Å². The fourth-order valence-electron chi connectivity index (χ4n) is 3.34. The van der Waals surface area contributed by atoms with Crippen LogP contribution < -0.4 is 20.3 Å². The zero-order chi connectivity index (χ0) is 22.1. The maximum atomic E-state index is 12.6. The van der Waals surface area contributed by atoms with E-state index in [0.29, 0.717) is 11.4 Å². The second-order valence-electron chi connectivity index (χ2n) is 7.98. The van der Waals surface area contributed by atoms with Gasteiger partial charge in [-0.25, -0.2) is 0 Å². The molecule has 0 saturated heterocycles. The molecule has 30 heavy (non-hydrogen) atoms. The van der Waals surface area contributed by atoms with Gasteiger partial charge in [0.05, 0.1) is 20.2 Å². The summed E-state index contributed by atoms with van der Waals surface area (Å²) in [6, 6.07) is 15.5. The van der Waals surface area contributed by atoms with E-state index >= 15 is 0 Å². The first-order valence-electron chi connectivity index (χ1n) is 10.5. The molecular formula is C24H34N3O3+. The Morgan fingerprint density at radius 1 is 1.03 bits per heavy atom. The normalized spacial score (nSPS) is 12.9. The van der Waals surface area contributed by atoms with E-state index in [0.717, 1.165) is 16.9 Å². The number of hydrogen-bond acceptors (Lipinski definition) is 3. The Bertz CT molecular complexity index is 834. The summed E-state index contributed by atoms with van der Waals surface area (Å²) in [5.41, 5.74) is 3.05. The number of nitrogens with one attached hydrogen (secondary N) is 3. The van der Waals surface area contributed by atoms with Crippen molar-refractivity contribution in [2.45, 2.75) is 33.2 Å². The lowest BCUT2D eigenvalue weighted by molar-refractivity contribution is -0.862. The van der Waals surface area contributed by atoms with E-state index < -0.39 is 0 Å². The fraction of sp³-hybridized carbons (Fsp3) is 0.417. The van der Waals surface area contributed by atoms with Gasteiger partial charge in [0, 0.05) is 11.8 Å². The quantitative estimate of drug-likeness (QED) is 0.560. The third kappa shape index (κ3) is 7.19. The van der Waals surface area contributed by atoms with Gasteiger partial charge in [-0.3, -0.25) is 9.59 Å². The van der Waals surface area contributed by atoms with E-state index in [2.05, 4.69) is 55.7 Å². The van der Waals surface area contributed by atoms with Crippen LogP contribution in [0.4, 0.5) is 5.69 Å². The average Bonchev–Trinajstić information content (AvgIpc) is 2.71. The average molecular weight is 413 g/mol. The molecule has 0 spiro atoms. The molecule has 0 radical (unpaired) electrons. The minimum absolute atomic E-state index is 0.0539. The minimum Gasteiger partial charge on any atom is -0.497 e. The van der Waals surface area contributed by atoms with Gasteiger partial charge in [0.15, 0.2) is 13.1 Å². The maximum absolute atomic E-state index is 12.6. The summed E-state index contributed by atoms with van der Waals surface area (Å²) in [7, 11) is 3.42. The smallest absolute Gasteiger partial charge is 0.279 e. The topological polar surface area (TPSA) is 71.9 Å². The summed E-state index contributed by atoms with van der Waals surface area (Å²) < 4.78 is 5.17. The van der Waals surface area contributed by atoms with Crippen LogP contribution in [-0.4, -0.2) is 39.1 Å². The van der Waals surface area contributed by atoms with E-state index in [-0.39, 0.29) is 36.9 Å². The standard InChI is InChI=1S/C24H33N3O3/c1-6-18-10-12-19(13-11-18)24(17(2)3)26-23(29)16-27(4)15-22(28)25-20-8-7-9-21(14-20)30-5/h7-14,17,24H,6,15-16H2,1-5H3,(H,25,28)(H,26,29)/p+1/t24-/m0/s1. The van der Waals surface area contributed by atoms with Crippen molar-refractivity contribution in [3.05, 3.63) is 59.7 Å². The van der Waals surface area contributed by atoms with Gasteiger partial charge in [-0.15, -0.1) is 0 Å². The molecule has 2 aromatic carbocycles. The van der Waals surface area contributed by atoms with Crippen molar-refractivity contribution < 1.29 is 19.2 Å². The first-order valence-corrected chi connectivity index (χ1v) is 10.5. The van der Waals surface area contributed by atoms with Crippen molar-refractivity contribution in [3.8, 4) is 5.75 Å². The molecule has 2 aromatic rings. The Morgan fingerprint density at radius 3 is 2.30 bits per heavy atom. The Hall–Kier alpha value is -2.86. The third-order valence-electron chi connectivity index (χ3n) is 5.01. The largest absolute Gasteiger partial charge is 0.497 e. The molecule has 0 aliphatic heterocycles. The van der Waals surface area contributed by atoms with Gasteiger partial charge < -0.3 is 20.3 Å². The highest BCUT2D eigenvalue weighted by Crippen LogP contribution is 2.22. The molecule has 3 N–H and O–H groups in total. The molecule has 162 valence electrons. The van der Waals surface area contributed by atoms with E-state index in [1.165, 1.54) is 5.56 Å². The van der Waals surface area contributed by atoms with Gasteiger partial charge in [0.2, 0.25) is 0 Å². The van der Waals surface area contributed by atoms with Crippen LogP contribution in [0.15, 0.2) is 48.5 Å². The molecule has 0 bridgehead atoms. The summed E-state index contributed by atoms with van der Waals surface area (Å²) in [6.45, 7) is 6.73. The SMILES string of the molecule is CCc1ccc([C@@H](NC(=O)C[NH+](C)CC(=O)Nc2cccc(OC)c2)C(C)C)cc1. The number of rotatable bonds is 10. The molecule has 6 heteroatoms. The van der Waals surface area contributed by atoms with Crippen LogP contribution in [0.2, 0.25) is 0 Å². The number of amides is 2. The van der Waals surface area contributed by atoms with Crippen LogP contribution in [-0.2, 0) is 16.0 Å². The monoisotopic (exact) mass is 412 g/mol. The number of benzene rings is 2. The highest BCUT2D eigenvalue weighted by molar-refractivity contribution is 5.91. The predicted molar refractivity (Wildman–Crippen MR) is 120 cm³/mol. The van der Waals surface area contributed by atoms with E-state index in [1.54, 1.807) is 19.2 Å². The number of carbonyl (C=O) groups is 2. The lowest BCUT2D eigenvalue weighted by atomic mass is 9.95. The van der Waals surface area contributed by atoms with Gasteiger partial charge in [0.1, 0.15) is 5.75 Å². The number of anilines is 1. The summed E-state index contributed by atoms with van der Waals surface area (Å²) in [4.78, 5) is 25.7. The highest BCUT2D eigenvalue weighted by Gasteiger charge is 2.21. The summed E-state index contributed by atoms with van der Waals surface area (Å²) in [6.07, 6.45) is 0.991. The van der Waals surface area contributed by atoms with E-state index in [9.17, 15) is 9.59 Å². The number of hydrogen-bond donors (Lipinski definition) is 3. The Balaban J connectivity index is 1.89. The minimum atomic E-state index is -0.149. The molecule has 6 nitrogen and oxygen atoms in total. The fourth-order valence-corrected chi connectivity index (χ4v) is 3.34.